The first-order chi connectivity index (χ1) is 10.2. The molecule has 3 atom stereocenters. The van der Waals surface area contributed by atoms with Gasteiger partial charge in [-0.25, -0.2) is 9.78 Å². The maximum Gasteiger partial charge on any atom is 0.331 e. The second-order valence-electron chi connectivity index (χ2n) is 5.69. The van der Waals surface area contributed by atoms with Crippen LogP contribution in [0.25, 0.3) is 0 Å². The Morgan fingerprint density at radius 1 is 1.52 bits per heavy atom. The van der Waals surface area contributed by atoms with Crippen molar-refractivity contribution in [3.63, 3.8) is 0 Å². The van der Waals surface area contributed by atoms with Crippen molar-refractivity contribution in [3.8, 4) is 0 Å². The van der Waals surface area contributed by atoms with Gasteiger partial charge in [-0.3, -0.25) is 0 Å². The Morgan fingerprint density at radius 3 is 3.10 bits per heavy atom. The van der Waals surface area contributed by atoms with Crippen molar-refractivity contribution in [2.75, 3.05) is 26.8 Å². The van der Waals surface area contributed by atoms with E-state index in [9.17, 15) is 4.79 Å². The first-order valence-corrected chi connectivity index (χ1v) is 7.98. The second-order valence-corrected chi connectivity index (χ2v) is 6.50. The quantitative estimate of drug-likeness (QED) is 0.660. The lowest BCUT2D eigenvalue weighted by molar-refractivity contribution is -0.157. The largest absolute Gasteiger partial charge is 0.467 e. The summed E-state index contributed by atoms with van der Waals surface area (Å²) < 4.78 is 11.6. The van der Waals surface area contributed by atoms with Crippen LogP contribution in [0.5, 0.6) is 0 Å². The first-order valence-electron chi connectivity index (χ1n) is 7.19. The molecule has 1 N–H and O–H groups in total. The van der Waals surface area contributed by atoms with Gasteiger partial charge in [-0.1, -0.05) is 6.07 Å². The normalized spacial score (nSPS) is 31.1. The maximum absolute atomic E-state index is 11.5. The molecule has 3 unspecified atom stereocenters. The molecule has 6 heteroatoms. The van der Waals surface area contributed by atoms with Gasteiger partial charge in [0.15, 0.2) is 0 Å². The van der Waals surface area contributed by atoms with Crippen molar-refractivity contribution in [2.45, 2.75) is 18.4 Å². The SMILES string of the molecule is COC(=O)COC1(c2ccc(Br)nc2)CCC2CNCC21. The summed E-state index contributed by atoms with van der Waals surface area (Å²) in [7, 11) is 1.38. The first kappa shape index (κ1) is 14.9. The average Bonchev–Trinajstić information content (AvgIpc) is 3.09. The summed E-state index contributed by atoms with van der Waals surface area (Å²) in [5.74, 6) is 0.644. The average molecular weight is 355 g/mol. The fraction of sp³-hybridized carbons (Fsp3) is 0.600. The van der Waals surface area contributed by atoms with E-state index in [1.165, 1.54) is 7.11 Å². The van der Waals surface area contributed by atoms with Crippen molar-refractivity contribution >= 4 is 21.9 Å². The van der Waals surface area contributed by atoms with E-state index < -0.39 is 5.60 Å². The molecule has 0 radical (unpaired) electrons. The summed E-state index contributed by atoms with van der Waals surface area (Å²) >= 11 is 3.36. The van der Waals surface area contributed by atoms with Crippen LogP contribution < -0.4 is 5.32 Å². The number of methoxy groups -OCH3 is 1. The van der Waals surface area contributed by atoms with Gasteiger partial charge in [0, 0.05) is 24.2 Å². The van der Waals surface area contributed by atoms with E-state index in [2.05, 4.69) is 26.2 Å². The molecule has 1 aromatic heterocycles. The molecule has 2 heterocycles. The van der Waals surface area contributed by atoms with Crippen molar-refractivity contribution in [3.05, 3.63) is 28.5 Å². The molecule has 1 aromatic rings. The Morgan fingerprint density at radius 2 is 2.38 bits per heavy atom. The van der Waals surface area contributed by atoms with Crippen LogP contribution >= 0.6 is 15.9 Å². The summed E-state index contributed by atoms with van der Waals surface area (Å²) in [6.07, 6.45) is 3.88. The molecule has 114 valence electrons. The molecule has 2 fully saturated rings. The third-order valence-corrected chi connectivity index (χ3v) is 5.19. The smallest absolute Gasteiger partial charge is 0.331 e. The van der Waals surface area contributed by atoms with Gasteiger partial charge in [-0.15, -0.1) is 0 Å². The maximum atomic E-state index is 11.5. The van der Waals surface area contributed by atoms with Crippen molar-refractivity contribution in [2.24, 2.45) is 11.8 Å². The van der Waals surface area contributed by atoms with Crippen LogP contribution in [-0.4, -0.2) is 37.8 Å². The zero-order chi connectivity index (χ0) is 14.9. The monoisotopic (exact) mass is 354 g/mol. The predicted octanol–water partition coefficient (Wildman–Crippen LogP) is 1.86. The number of ether oxygens (including phenoxy) is 2. The van der Waals surface area contributed by atoms with E-state index in [0.717, 1.165) is 36.1 Å². The third kappa shape index (κ3) is 2.72. The molecule has 2 aliphatic rings. The Kier molecular flexibility index (Phi) is 4.28. The molecule has 1 aliphatic carbocycles. The Hall–Kier alpha value is -0.980. The molecule has 0 spiro atoms. The minimum atomic E-state index is -0.434. The van der Waals surface area contributed by atoms with E-state index in [1.807, 2.05) is 18.3 Å². The van der Waals surface area contributed by atoms with E-state index in [4.69, 9.17) is 9.47 Å². The minimum Gasteiger partial charge on any atom is -0.467 e. The Labute approximate surface area is 132 Å². The molecule has 0 aromatic carbocycles. The standard InChI is InChI=1S/C15H19BrN2O3/c1-20-14(19)9-21-15(11-2-3-13(16)18-7-11)5-4-10-6-17-8-12(10)15/h2-3,7,10,12,17H,4-6,8-9H2,1H3. The lowest BCUT2D eigenvalue weighted by atomic mass is 9.82. The van der Waals surface area contributed by atoms with E-state index in [-0.39, 0.29) is 12.6 Å². The molecular weight excluding hydrogens is 336 g/mol. The van der Waals surface area contributed by atoms with Gasteiger partial charge in [-0.05, 0) is 47.3 Å². The van der Waals surface area contributed by atoms with Crippen LogP contribution in [0.1, 0.15) is 18.4 Å². The number of rotatable bonds is 4. The number of pyridine rings is 1. The number of carbonyl (C=O) groups excluding carboxylic acids is 1. The lowest BCUT2D eigenvalue weighted by Crippen LogP contribution is -2.38. The highest BCUT2D eigenvalue weighted by Gasteiger charge is 2.52. The van der Waals surface area contributed by atoms with Crippen LogP contribution in [0.15, 0.2) is 22.9 Å². The zero-order valence-corrected chi connectivity index (χ0v) is 13.6. The van der Waals surface area contributed by atoms with Gasteiger partial charge in [0.05, 0.1) is 12.7 Å². The van der Waals surface area contributed by atoms with Gasteiger partial charge < -0.3 is 14.8 Å². The molecule has 1 saturated carbocycles. The molecule has 1 aliphatic heterocycles. The summed E-state index contributed by atoms with van der Waals surface area (Å²) in [5, 5.41) is 3.44. The van der Waals surface area contributed by atoms with Crippen LogP contribution in [0.4, 0.5) is 0 Å². The van der Waals surface area contributed by atoms with Crippen molar-refractivity contribution < 1.29 is 14.3 Å². The number of fused-ring (bicyclic) bond motifs is 1. The van der Waals surface area contributed by atoms with Crippen LogP contribution in [0.3, 0.4) is 0 Å². The number of halogens is 1. The van der Waals surface area contributed by atoms with Crippen LogP contribution in [0, 0.1) is 11.8 Å². The van der Waals surface area contributed by atoms with Gasteiger partial charge in [0.1, 0.15) is 11.2 Å². The summed E-state index contributed by atoms with van der Waals surface area (Å²) in [5.41, 5.74) is 0.613. The molecule has 1 saturated heterocycles. The molecular formula is C15H19BrN2O3. The predicted molar refractivity (Wildman–Crippen MR) is 80.7 cm³/mol. The molecule has 0 bridgehead atoms. The Bertz CT molecular complexity index is 522. The summed E-state index contributed by atoms with van der Waals surface area (Å²) in [6, 6.07) is 3.96. The van der Waals surface area contributed by atoms with Crippen molar-refractivity contribution in [1.82, 2.24) is 10.3 Å². The highest BCUT2D eigenvalue weighted by atomic mass is 79.9. The van der Waals surface area contributed by atoms with E-state index in [1.54, 1.807) is 0 Å². The molecule has 21 heavy (non-hydrogen) atoms. The highest BCUT2D eigenvalue weighted by Crippen LogP contribution is 2.51. The number of hydrogen-bond acceptors (Lipinski definition) is 5. The Balaban J connectivity index is 1.90. The number of hydrogen-bond donors (Lipinski definition) is 1. The van der Waals surface area contributed by atoms with E-state index >= 15 is 0 Å². The summed E-state index contributed by atoms with van der Waals surface area (Å²) in [6.45, 7) is 1.93. The fourth-order valence-electron chi connectivity index (χ4n) is 3.66. The molecule has 3 rings (SSSR count). The van der Waals surface area contributed by atoms with Crippen molar-refractivity contribution in [1.29, 1.82) is 0 Å². The molecule has 5 nitrogen and oxygen atoms in total. The summed E-state index contributed by atoms with van der Waals surface area (Å²) in [4.78, 5) is 15.8. The second kappa shape index (κ2) is 6.02. The lowest BCUT2D eigenvalue weighted by Gasteiger charge is -2.35. The number of aromatic nitrogens is 1. The van der Waals surface area contributed by atoms with Gasteiger partial charge >= 0.3 is 5.97 Å². The topological polar surface area (TPSA) is 60.5 Å². The van der Waals surface area contributed by atoms with Gasteiger partial charge in [0.25, 0.3) is 0 Å². The zero-order valence-electron chi connectivity index (χ0n) is 12.0. The van der Waals surface area contributed by atoms with Crippen LogP contribution in [-0.2, 0) is 19.9 Å². The third-order valence-electron chi connectivity index (χ3n) is 4.72. The minimum absolute atomic E-state index is 0.0181. The van der Waals surface area contributed by atoms with Crippen LogP contribution in [0.2, 0.25) is 0 Å². The number of nitrogens with zero attached hydrogens (tertiary/aromatic N) is 1. The van der Waals surface area contributed by atoms with Gasteiger partial charge in [-0.2, -0.15) is 0 Å². The number of carbonyl (C=O) groups is 1. The fourth-order valence-corrected chi connectivity index (χ4v) is 3.90. The number of nitrogens with one attached hydrogen (secondary N) is 1. The highest BCUT2D eigenvalue weighted by molar-refractivity contribution is 9.10. The van der Waals surface area contributed by atoms with Gasteiger partial charge in [0.2, 0.25) is 0 Å². The molecule has 0 amide bonds. The number of esters is 1. The van der Waals surface area contributed by atoms with E-state index in [0.29, 0.717) is 11.8 Å².